The maximum absolute atomic E-state index is 13.7. The molecule has 0 saturated heterocycles. The molecule has 45 heavy (non-hydrogen) atoms. The molecule has 6 N–H and O–H groups in total. The number of hydrogen-bond acceptors (Lipinski definition) is 9. The van der Waals surface area contributed by atoms with Crippen LogP contribution in [-0.4, -0.2) is 33.2 Å². The lowest BCUT2D eigenvalue weighted by Crippen LogP contribution is -2.68. The van der Waals surface area contributed by atoms with Crippen LogP contribution in [0, 0.1) is 34.0 Å². The summed E-state index contributed by atoms with van der Waals surface area (Å²) in [6, 6.07) is 16.3. The minimum atomic E-state index is -4.49. The number of nitrogens with two attached hydrogens (primary N) is 2. The molecule has 0 amide bonds. The van der Waals surface area contributed by atoms with Crippen LogP contribution < -0.4 is 22.2 Å². The van der Waals surface area contributed by atoms with E-state index in [9.17, 15) is 23.7 Å². The quantitative estimate of drug-likeness (QED) is 0.128. The van der Waals surface area contributed by atoms with Crippen LogP contribution in [0.2, 0.25) is 0 Å². The van der Waals surface area contributed by atoms with E-state index in [4.69, 9.17) is 11.6 Å². The fourth-order valence-electron chi connectivity index (χ4n) is 6.16. The van der Waals surface area contributed by atoms with Crippen molar-refractivity contribution in [3.05, 3.63) is 83.4 Å². The lowest BCUT2D eigenvalue weighted by molar-refractivity contribution is -0.206. The van der Waals surface area contributed by atoms with E-state index in [2.05, 4.69) is 26.7 Å². The zero-order valence-electron chi connectivity index (χ0n) is 24.8. The predicted octanol–water partition coefficient (Wildman–Crippen LogP) is 6.21. The molecular weight excluding hydrogens is 579 g/mol. The van der Waals surface area contributed by atoms with Crippen LogP contribution in [0.15, 0.2) is 66.8 Å². The van der Waals surface area contributed by atoms with Crippen molar-refractivity contribution in [1.82, 2.24) is 15.0 Å². The largest absolute Gasteiger partial charge is 0.399 e. The van der Waals surface area contributed by atoms with Gasteiger partial charge < -0.3 is 21.4 Å². The molecule has 3 saturated carbocycles. The first-order chi connectivity index (χ1) is 21.4. The number of nitrogens with one attached hydrogen (secondary N) is 2. The Morgan fingerprint density at radius 1 is 1.09 bits per heavy atom. The molecule has 12 heteroatoms. The van der Waals surface area contributed by atoms with Crippen LogP contribution in [0.5, 0.6) is 0 Å². The molecule has 1 atom stereocenters. The third-order valence-electron chi connectivity index (χ3n) is 9.16. The molecular formula is C33H32F3N9. The van der Waals surface area contributed by atoms with Gasteiger partial charge in [-0.15, -0.1) is 0 Å². The van der Waals surface area contributed by atoms with Crippen LogP contribution in [0.3, 0.4) is 0 Å². The molecule has 0 unspecified atom stereocenters. The van der Waals surface area contributed by atoms with Crippen LogP contribution >= 0.6 is 0 Å². The third kappa shape index (κ3) is 5.21. The fourth-order valence-corrected chi connectivity index (χ4v) is 6.16. The van der Waals surface area contributed by atoms with Crippen LogP contribution in [-0.2, 0) is 0 Å². The molecule has 4 aromatic rings. The highest BCUT2D eigenvalue weighted by atomic mass is 19.4. The summed E-state index contributed by atoms with van der Waals surface area (Å²) in [4.78, 5) is 8.80. The Kier molecular flexibility index (Phi) is 7.21. The summed E-state index contributed by atoms with van der Waals surface area (Å²) < 4.78 is 41.1. The van der Waals surface area contributed by atoms with Gasteiger partial charge in [0.1, 0.15) is 12.1 Å². The van der Waals surface area contributed by atoms with Crippen LogP contribution in [0.4, 0.5) is 24.5 Å². The molecule has 230 valence electrons. The molecule has 0 spiro atoms. The molecule has 3 aliphatic carbocycles. The van der Waals surface area contributed by atoms with Gasteiger partial charge in [-0.3, -0.25) is 9.97 Å². The number of rotatable bonds is 9. The Bertz CT molecular complexity index is 1900. The zero-order chi connectivity index (χ0) is 32.1. The first-order valence-electron chi connectivity index (χ1n) is 14.5. The predicted molar refractivity (Wildman–Crippen MR) is 166 cm³/mol. The van der Waals surface area contributed by atoms with Crippen molar-refractivity contribution in [2.24, 2.45) is 22.9 Å². The number of fused-ring (bicyclic) bond motifs is 2. The number of nitriles is 2. The highest BCUT2D eigenvalue weighted by molar-refractivity contribution is 5.99. The number of nitrogens with zero attached hydrogens (tertiary/aromatic N) is 5. The highest BCUT2D eigenvalue weighted by Gasteiger charge is 2.59. The average Bonchev–Trinajstić information content (AvgIpc) is 2.95. The number of pyridine rings is 2. The van der Waals surface area contributed by atoms with Gasteiger partial charge in [0.15, 0.2) is 0 Å². The van der Waals surface area contributed by atoms with Crippen molar-refractivity contribution in [2.75, 3.05) is 17.2 Å². The SMILES string of the molecule is CC(C)(CNc1c(C#N)cnc2c(C#N)cc(N[C@H](/C(N)=C/N(N)C34CC(C3)C4)c3cccc4ncccc34)cc12)C(F)(F)F. The maximum Gasteiger partial charge on any atom is 0.395 e. The molecule has 9 nitrogen and oxygen atoms in total. The van der Waals surface area contributed by atoms with Crippen LogP contribution in [0.25, 0.3) is 21.8 Å². The maximum atomic E-state index is 13.7. The summed E-state index contributed by atoms with van der Waals surface area (Å²) in [7, 11) is 0. The van der Waals surface area contributed by atoms with Gasteiger partial charge in [0.2, 0.25) is 0 Å². The normalized spacial score (nSPS) is 20.0. The summed E-state index contributed by atoms with van der Waals surface area (Å²) in [5, 5.41) is 29.1. The van der Waals surface area contributed by atoms with Crippen molar-refractivity contribution in [3.8, 4) is 12.1 Å². The van der Waals surface area contributed by atoms with Crippen LogP contribution in [0.1, 0.15) is 55.8 Å². The molecule has 0 aliphatic heterocycles. The number of aromatic nitrogens is 2. The number of alkyl halides is 3. The van der Waals surface area contributed by atoms with Gasteiger partial charge in [-0.2, -0.15) is 23.7 Å². The second-order valence-corrected chi connectivity index (χ2v) is 12.7. The first-order valence-corrected chi connectivity index (χ1v) is 14.5. The standard InChI is InChI=1S/C33H32F3N9/c1-31(2,33(34,35)36)18-43-29-21(15-38)16-42-28-20(14-37)9-22(10-25(28)29)44-30(24-5-3-7-27-23(24)6-4-8-41-27)26(39)17-45(40)32-11-19(12-32)13-32/h3-10,16-17,19,30,44H,11-13,18,39-40H2,1-2H3,(H,42,43)/b26-17-/t19?,30-,32?/m0/s1. The van der Waals surface area contributed by atoms with Gasteiger partial charge in [0.25, 0.3) is 0 Å². The number of anilines is 2. The van der Waals surface area contributed by atoms with Crippen molar-refractivity contribution in [1.29, 1.82) is 10.5 Å². The minimum absolute atomic E-state index is 0.0509. The van der Waals surface area contributed by atoms with Gasteiger partial charge in [-0.1, -0.05) is 18.2 Å². The Balaban J connectivity index is 1.46. The second-order valence-electron chi connectivity index (χ2n) is 12.7. The van der Waals surface area contributed by atoms with Crippen molar-refractivity contribution >= 4 is 33.2 Å². The molecule has 2 aromatic carbocycles. The van der Waals surface area contributed by atoms with Gasteiger partial charge in [-0.25, -0.2) is 5.84 Å². The number of benzene rings is 2. The smallest absolute Gasteiger partial charge is 0.395 e. The monoisotopic (exact) mass is 611 g/mol. The summed E-state index contributed by atoms with van der Waals surface area (Å²) in [5.74, 6) is 7.22. The number of hydrazine groups is 1. The van der Waals surface area contributed by atoms with E-state index in [0.717, 1.165) is 49.6 Å². The first kappa shape index (κ1) is 30.0. The minimum Gasteiger partial charge on any atom is -0.399 e. The molecule has 2 heterocycles. The zero-order valence-corrected chi connectivity index (χ0v) is 24.8. The molecule has 0 radical (unpaired) electrons. The van der Waals surface area contributed by atoms with Gasteiger partial charge in [0.05, 0.1) is 50.5 Å². The highest BCUT2D eigenvalue weighted by Crippen LogP contribution is 2.59. The van der Waals surface area contributed by atoms with E-state index < -0.39 is 24.2 Å². The molecule has 2 bridgehead atoms. The van der Waals surface area contributed by atoms with E-state index in [1.807, 2.05) is 36.4 Å². The molecule has 7 rings (SSSR count). The Morgan fingerprint density at radius 3 is 2.47 bits per heavy atom. The summed E-state index contributed by atoms with van der Waals surface area (Å²) in [6.45, 7) is 1.66. The average molecular weight is 612 g/mol. The van der Waals surface area contributed by atoms with E-state index >= 15 is 0 Å². The third-order valence-corrected chi connectivity index (χ3v) is 9.16. The second kappa shape index (κ2) is 10.8. The van der Waals surface area contributed by atoms with Gasteiger partial charge in [-0.05, 0) is 68.9 Å². The summed E-state index contributed by atoms with van der Waals surface area (Å²) in [5.41, 5.74) is 7.70. The Morgan fingerprint density at radius 2 is 1.82 bits per heavy atom. The lowest BCUT2D eigenvalue weighted by Gasteiger charge is -2.65. The van der Waals surface area contributed by atoms with E-state index in [1.165, 1.54) is 6.20 Å². The Hall–Kier alpha value is -5.07. The van der Waals surface area contributed by atoms with E-state index in [-0.39, 0.29) is 27.9 Å². The molecule has 2 aromatic heterocycles. The lowest BCUT2D eigenvalue weighted by atomic mass is 9.49. The van der Waals surface area contributed by atoms with Gasteiger partial charge >= 0.3 is 6.18 Å². The van der Waals surface area contributed by atoms with Gasteiger partial charge in [0, 0.05) is 41.6 Å². The summed E-state index contributed by atoms with van der Waals surface area (Å²) >= 11 is 0. The van der Waals surface area contributed by atoms with Crippen molar-refractivity contribution in [3.63, 3.8) is 0 Å². The van der Waals surface area contributed by atoms with Crippen molar-refractivity contribution < 1.29 is 13.2 Å². The summed E-state index contributed by atoms with van der Waals surface area (Å²) in [6.07, 6.45) is 3.29. The number of halogens is 3. The molecule has 3 aliphatic rings. The van der Waals surface area contributed by atoms with Crippen molar-refractivity contribution in [2.45, 2.75) is 50.9 Å². The fraction of sp³-hybridized carbons (Fsp3) is 0.333. The topological polar surface area (TPSA) is 153 Å². The van der Waals surface area contributed by atoms with E-state index in [1.54, 1.807) is 29.5 Å². The number of hydrogen-bond donors (Lipinski definition) is 4. The van der Waals surface area contributed by atoms with E-state index in [0.29, 0.717) is 22.7 Å². The Labute approximate surface area is 258 Å². The molecule has 3 fully saturated rings.